The Morgan fingerprint density at radius 2 is 1.64 bits per heavy atom. The molecule has 1 N–H and O–H groups in total. The fourth-order valence-electron chi connectivity index (χ4n) is 1.63. The summed E-state index contributed by atoms with van der Waals surface area (Å²) in [6.45, 7) is -0.106. The highest BCUT2D eigenvalue weighted by Crippen LogP contribution is 2.25. The first-order chi connectivity index (χ1) is 6.43. The van der Waals surface area contributed by atoms with Crippen LogP contribution in [0.3, 0.4) is 0 Å². The van der Waals surface area contributed by atoms with Crippen LogP contribution in [0.25, 0.3) is 0 Å². The zero-order chi connectivity index (χ0) is 11.0. The van der Waals surface area contributed by atoms with Crippen LogP contribution in [-0.2, 0) is 10.5 Å². The van der Waals surface area contributed by atoms with Crippen LogP contribution in [0.1, 0.15) is 38.5 Å². The van der Waals surface area contributed by atoms with Crippen molar-refractivity contribution < 1.29 is 21.2 Å². The van der Waals surface area contributed by atoms with Gasteiger partial charge in [-0.2, -0.15) is 8.42 Å². The zero-order valence-electron chi connectivity index (χ0n) is 7.95. The Labute approximate surface area is 83.5 Å². The second-order valence-electron chi connectivity index (χ2n) is 3.39. The van der Waals surface area contributed by atoms with Crippen LogP contribution in [0.2, 0.25) is 0 Å². The molecule has 1 rings (SSSR count). The van der Waals surface area contributed by atoms with E-state index in [1.807, 2.05) is 0 Å². The molecule has 1 fully saturated rings. The van der Waals surface area contributed by atoms with Crippen molar-refractivity contribution >= 4 is 10.5 Å². The average molecular weight is 230 g/mol. The summed E-state index contributed by atoms with van der Waals surface area (Å²) in [6.07, 6.45) is 7.44. The van der Waals surface area contributed by atoms with Crippen LogP contribution < -0.4 is 0 Å². The van der Waals surface area contributed by atoms with Gasteiger partial charge in [0.05, 0.1) is 6.67 Å². The third-order valence-corrected chi connectivity index (χ3v) is 2.24. The molecule has 0 bridgehead atoms. The number of hydrogen-bond acceptors (Lipinski definition) is 2. The zero-order valence-corrected chi connectivity index (χ0v) is 8.77. The Bertz CT molecular complexity index is 212. The molecule has 0 aromatic carbocycles. The smallest absolute Gasteiger partial charge is 0.260 e. The van der Waals surface area contributed by atoms with E-state index in [1.54, 1.807) is 0 Å². The van der Waals surface area contributed by atoms with Crippen LogP contribution in [0, 0.1) is 5.92 Å². The first kappa shape index (κ1) is 13.8. The van der Waals surface area contributed by atoms with Crippen LogP contribution in [0.5, 0.6) is 0 Å². The second-order valence-corrected chi connectivity index (χ2v) is 4.22. The van der Waals surface area contributed by atoms with Crippen molar-refractivity contribution in [2.24, 2.45) is 5.92 Å². The SMILES string of the molecule is FCCC1CCCCC1.O=S(=O)(O)F. The standard InChI is InChI=1S/C8H15F.FHO3S/c9-7-6-8-4-2-1-3-5-8;1-5(2,3)4/h8H,1-7H2;(H,2,3,4). The number of rotatable bonds is 2. The minimum absolute atomic E-state index is 0.106. The first-order valence-corrected chi connectivity index (χ1v) is 6.00. The lowest BCUT2D eigenvalue weighted by molar-refractivity contribution is 0.304. The fraction of sp³-hybridized carbons (Fsp3) is 1.00. The maximum absolute atomic E-state index is 11.8. The fourth-order valence-corrected chi connectivity index (χ4v) is 1.63. The highest BCUT2D eigenvalue weighted by molar-refractivity contribution is 7.80. The molecule has 0 aliphatic heterocycles. The average Bonchev–Trinajstić information content (AvgIpc) is 2.03. The van der Waals surface area contributed by atoms with E-state index in [2.05, 4.69) is 0 Å². The topological polar surface area (TPSA) is 54.4 Å². The van der Waals surface area contributed by atoms with E-state index >= 15 is 0 Å². The predicted molar refractivity (Wildman–Crippen MR) is 49.8 cm³/mol. The van der Waals surface area contributed by atoms with Crippen molar-refractivity contribution in [3.8, 4) is 0 Å². The second kappa shape index (κ2) is 7.11. The summed E-state index contributed by atoms with van der Waals surface area (Å²) < 4.78 is 45.9. The molecule has 0 saturated heterocycles. The van der Waals surface area contributed by atoms with E-state index < -0.39 is 10.5 Å². The summed E-state index contributed by atoms with van der Waals surface area (Å²) in [7, 11) is -5.17. The molecule has 1 aliphatic rings. The maximum atomic E-state index is 11.8. The quantitative estimate of drug-likeness (QED) is 0.586. The van der Waals surface area contributed by atoms with Gasteiger partial charge < -0.3 is 0 Å². The molecule has 0 aromatic heterocycles. The molecule has 1 aliphatic carbocycles. The van der Waals surface area contributed by atoms with Gasteiger partial charge in [-0.1, -0.05) is 36.0 Å². The van der Waals surface area contributed by atoms with Crippen molar-refractivity contribution in [1.29, 1.82) is 0 Å². The molecule has 0 aromatic rings. The third kappa shape index (κ3) is 11.8. The van der Waals surface area contributed by atoms with Crippen LogP contribution in [0.15, 0.2) is 0 Å². The van der Waals surface area contributed by atoms with Gasteiger partial charge in [-0.05, 0) is 12.3 Å². The van der Waals surface area contributed by atoms with Gasteiger partial charge in [-0.25, -0.2) is 0 Å². The van der Waals surface area contributed by atoms with Gasteiger partial charge in [0.15, 0.2) is 0 Å². The molecular weight excluding hydrogens is 214 g/mol. The monoisotopic (exact) mass is 230 g/mol. The number of hydrogen-bond donors (Lipinski definition) is 1. The Morgan fingerprint density at radius 1 is 1.21 bits per heavy atom. The highest BCUT2D eigenvalue weighted by Gasteiger charge is 2.11. The minimum Gasteiger partial charge on any atom is -0.260 e. The van der Waals surface area contributed by atoms with Crippen LogP contribution in [-0.4, -0.2) is 19.6 Å². The van der Waals surface area contributed by atoms with Gasteiger partial charge >= 0.3 is 10.5 Å². The molecule has 86 valence electrons. The summed E-state index contributed by atoms with van der Waals surface area (Å²) in [5.41, 5.74) is 0. The van der Waals surface area contributed by atoms with Gasteiger partial charge in [0.1, 0.15) is 0 Å². The van der Waals surface area contributed by atoms with Crippen molar-refractivity contribution in [2.75, 3.05) is 6.67 Å². The van der Waals surface area contributed by atoms with Crippen LogP contribution in [0.4, 0.5) is 8.28 Å². The van der Waals surface area contributed by atoms with E-state index in [9.17, 15) is 8.28 Å². The lowest BCUT2D eigenvalue weighted by atomic mass is 9.87. The van der Waals surface area contributed by atoms with Gasteiger partial charge in [0.2, 0.25) is 0 Å². The molecule has 0 amide bonds. The highest BCUT2D eigenvalue weighted by atomic mass is 32.3. The van der Waals surface area contributed by atoms with Gasteiger partial charge in [0.25, 0.3) is 0 Å². The Kier molecular flexibility index (Phi) is 7.00. The molecule has 0 unspecified atom stereocenters. The molecule has 3 nitrogen and oxygen atoms in total. The van der Waals surface area contributed by atoms with Crippen LogP contribution >= 0.6 is 0 Å². The largest absolute Gasteiger partial charge is 0.435 e. The summed E-state index contributed by atoms with van der Waals surface area (Å²) >= 11 is 0. The first-order valence-electron chi connectivity index (χ1n) is 4.66. The Balaban J connectivity index is 0.000000292. The van der Waals surface area contributed by atoms with Gasteiger partial charge in [0, 0.05) is 0 Å². The van der Waals surface area contributed by atoms with E-state index in [-0.39, 0.29) is 6.67 Å². The maximum Gasteiger partial charge on any atom is 0.435 e. The lowest BCUT2D eigenvalue weighted by Gasteiger charge is -2.19. The van der Waals surface area contributed by atoms with E-state index in [0.717, 1.165) is 12.3 Å². The predicted octanol–water partition coefficient (Wildman–Crippen LogP) is 2.69. The summed E-state index contributed by atoms with van der Waals surface area (Å²) in [5, 5.41) is 0. The van der Waals surface area contributed by atoms with Gasteiger partial charge in [-0.3, -0.25) is 8.94 Å². The lowest BCUT2D eigenvalue weighted by Crippen LogP contribution is -2.06. The molecule has 1 saturated carbocycles. The third-order valence-electron chi connectivity index (χ3n) is 2.24. The number of halogens is 2. The van der Waals surface area contributed by atoms with Gasteiger partial charge in [-0.15, -0.1) is 0 Å². The van der Waals surface area contributed by atoms with Crippen molar-refractivity contribution in [1.82, 2.24) is 0 Å². The minimum atomic E-state index is -5.17. The Hall–Kier alpha value is -0.230. The van der Waals surface area contributed by atoms with Crippen molar-refractivity contribution in [3.63, 3.8) is 0 Å². The molecule has 0 spiro atoms. The van der Waals surface area contributed by atoms with Crippen molar-refractivity contribution in [3.05, 3.63) is 0 Å². The summed E-state index contributed by atoms with van der Waals surface area (Å²) in [4.78, 5) is 0. The molecule has 0 atom stereocenters. The molecule has 6 heteroatoms. The molecule has 0 heterocycles. The van der Waals surface area contributed by atoms with E-state index in [1.165, 1.54) is 32.1 Å². The Morgan fingerprint density at radius 3 is 2.00 bits per heavy atom. The number of alkyl halides is 1. The van der Waals surface area contributed by atoms with Crippen molar-refractivity contribution in [2.45, 2.75) is 38.5 Å². The summed E-state index contributed by atoms with van der Waals surface area (Å²) in [5.74, 6) is 0.726. The molecular formula is C8H16F2O3S. The van der Waals surface area contributed by atoms with E-state index in [4.69, 9.17) is 13.0 Å². The molecule has 14 heavy (non-hydrogen) atoms. The summed E-state index contributed by atoms with van der Waals surface area (Å²) in [6, 6.07) is 0. The molecule has 0 radical (unpaired) electrons. The van der Waals surface area contributed by atoms with E-state index in [0.29, 0.717) is 0 Å². The normalized spacial score (nSPS) is 18.5.